The Kier molecular flexibility index (Phi) is 12.7. The first-order chi connectivity index (χ1) is 20.9. The molecule has 1 aliphatic rings. The number of aliphatic hydroxyl groups is 1. The van der Waals surface area contributed by atoms with E-state index in [0.717, 1.165) is 5.56 Å². The number of nitrogens with zero attached hydrogens (tertiary/aromatic N) is 3. The second kappa shape index (κ2) is 16.2. The molecule has 1 aliphatic heterocycles. The summed E-state index contributed by atoms with van der Waals surface area (Å²) in [6.07, 6.45) is 0.657. The van der Waals surface area contributed by atoms with Crippen LogP contribution in [0.3, 0.4) is 0 Å². The summed E-state index contributed by atoms with van der Waals surface area (Å²) < 4.78 is 10.5. The Bertz CT molecular complexity index is 1270. The summed E-state index contributed by atoms with van der Waals surface area (Å²) in [5.41, 5.74) is 1.72. The van der Waals surface area contributed by atoms with Crippen LogP contribution in [-0.4, -0.2) is 94.3 Å². The summed E-state index contributed by atoms with van der Waals surface area (Å²) in [6.45, 7) is 10.3. The molecule has 0 aliphatic carbocycles. The number of ether oxygens (including phenoxy) is 2. The molecule has 0 radical (unpaired) electrons. The number of aliphatic hydroxyl groups excluding tert-OH is 1. The highest BCUT2D eigenvalue weighted by Crippen LogP contribution is 2.21. The first-order valence-electron chi connectivity index (χ1n) is 15.4. The van der Waals surface area contributed by atoms with E-state index in [1.54, 1.807) is 49.6 Å². The fourth-order valence-electron chi connectivity index (χ4n) is 4.82. The summed E-state index contributed by atoms with van der Waals surface area (Å²) in [6, 6.07) is 11.8. The van der Waals surface area contributed by atoms with Crippen molar-refractivity contribution < 1.29 is 33.8 Å². The van der Waals surface area contributed by atoms with Crippen LogP contribution < -0.4 is 5.32 Å². The molecule has 3 rings (SSSR count). The Morgan fingerprint density at radius 2 is 1.64 bits per heavy atom. The Hall–Kier alpha value is -3.99. The molecule has 1 aromatic heterocycles. The largest absolute Gasteiger partial charge is 0.460 e. The quantitative estimate of drug-likeness (QED) is 0.344. The molecule has 1 saturated heterocycles. The predicted molar refractivity (Wildman–Crippen MR) is 166 cm³/mol. The highest BCUT2D eigenvalue weighted by molar-refractivity contribution is 5.98. The van der Waals surface area contributed by atoms with Crippen LogP contribution in [0.25, 0.3) is 11.3 Å². The summed E-state index contributed by atoms with van der Waals surface area (Å²) in [7, 11) is 0. The van der Waals surface area contributed by atoms with Gasteiger partial charge < -0.3 is 29.7 Å². The number of rotatable bonds is 12. The van der Waals surface area contributed by atoms with E-state index in [0.29, 0.717) is 49.3 Å². The van der Waals surface area contributed by atoms with Gasteiger partial charge >= 0.3 is 12.1 Å². The lowest BCUT2D eigenvalue weighted by atomic mass is 10.0. The zero-order chi connectivity index (χ0) is 32.3. The van der Waals surface area contributed by atoms with Crippen molar-refractivity contribution in [2.75, 3.05) is 32.8 Å². The van der Waals surface area contributed by atoms with Crippen LogP contribution in [0.1, 0.15) is 76.4 Å². The molecule has 0 spiro atoms. The summed E-state index contributed by atoms with van der Waals surface area (Å²) >= 11 is 0. The highest BCUT2D eigenvalue weighted by atomic mass is 16.6. The van der Waals surface area contributed by atoms with Gasteiger partial charge in [-0.2, -0.15) is 0 Å². The maximum Gasteiger partial charge on any atom is 0.409 e. The monoisotopic (exact) mass is 610 g/mol. The average molecular weight is 611 g/mol. The van der Waals surface area contributed by atoms with Crippen molar-refractivity contribution in [2.45, 2.75) is 84.5 Å². The van der Waals surface area contributed by atoms with Crippen LogP contribution >= 0.6 is 0 Å². The van der Waals surface area contributed by atoms with Crippen LogP contribution in [0.15, 0.2) is 42.5 Å². The number of benzene rings is 1. The number of hydrogen-bond acceptors (Lipinski definition) is 8. The summed E-state index contributed by atoms with van der Waals surface area (Å²) in [5.74, 6) is -1.28. The van der Waals surface area contributed by atoms with Gasteiger partial charge in [0.15, 0.2) is 0 Å². The molecule has 2 aromatic rings. The molecule has 44 heavy (non-hydrogen) atoms. The van der Waals surface area contributed by atoms with Gasteiger partial charge in [0.2, 0.25) is 5.91 Å². The van der Waals surface area contributed by atoms with Gasteiger partial charge in [-0.3, -0.25) is 19.4 Å². The third-order valence-corrected chi connectivity index (χ3v) is 7.19. The van der Waals surface area contributed by atoms with Crippen molar-refractivity contribution in [3.63, 3.8) is 0 Å². The van der Waals surface area contributed by atoms with Gasteiger partial charge in [-0.15, -0.1) is 0 Å². The standard InChI is InChI=1S/C33H46N4O7/c1-6-26(38)14-13-25-21-24(22-28(34-25)23-11-9-8-10-12-23)30(40)35-27(15-16-29(39)44-33(3,4)5)31(41)36-17-19-37(20-18-36)32(42)43-7-2/h8-12,21-22,26-27,38H,6-7,13-20H2,1-5H3,(H,35,40)/t26?,27-/m0/s1. The number of aromatic nitrogens is 1. The Labute approximate surface area is 259 Å². The van der Waals surface area contributed by atoms with Crippen molar-refractivity contribution in [2.24, 2.45) is 0 Å². The van der Waals surface area contributed by atoms with Crippen LogP contribution in [0.5, 0.6) is 0 Å². The minimum absolute atomic E-state index is 0.0454. The lowest BCUT2D eigenvalue weighted by Crippen LogP contribution is -2.56. The highest BCUT2D eigenvalue weighted by Gasteiger charge is 2.31. The number of piperazine rings is 1. The third-order valence-electron chi connectivity index (χ3n) is 7.19. The van der Waals surface area contributed by atoms with Crippen LogP contribution in [0.2, 0.25) is 0 Å². The lowest BCUT2D eigenvalue weighted by Gasteiger charge is -2.36. The molecule has 1 unspecified atom stereocenters. The first-order valence-corrected chi connectivity index (χ1v) is 15.4. The van der Waals surface area contributed by atoms with E-state index in [2.05, 4.69) is 5.32 Å². The Morgan fingerprint density at radius 3 is 2.25 bits per heavy atom. The Balaban J connectivity index is 1.83. The van der Waals surface area contributed by atoms with Crippen molar-refractivity contribution >= 4 is 23.9 Å². The van der Waals surface area contributed by atoms with Gasteiger partial charge in [-0.1, -0.05) is 37.3 Å². The zero-order valence-electron chi connectivity index (χ0n) is 26.5. The predicted octanol–water partition coefficient (Wildman–Crippen LogP) is 3.97. The van der Waals surface area contributed by atoms with Gasteiger partial charge in [0.05, 0.1) is 18.4 Å². The van der Waals surface area contributed by atoms with Crippen LogP contribution in [0.4, 0.5) is 4.79 Å². The molecule has 3 amide bonds. The normalized spacial score (nSPS) is 14.9. The maximum atomic E-state index is 13.7. The fraction of sp³-hybridized carbons (Fsp3) is 0.545. The number of carbonyl (C=O) groups is 4. The molecule has 0 saturated carbocycles. The average Bonchev–Trinajstić information content (AvgIpc) is 3.01. The van der Waals surface area contributed by atoms with E-state index in [-0.39, 0.29) is 38.4 Å². The van der Waals surface area contributed by atoms with E-state index in [1.807, 2.05) is 37.3 Å². The van der Waals surface area contributed by atoms with E-state index in [4.69, 9.17) is 14.5 Å². The van der Waals surface area contributed by atoms with Gasteiger partial charge in [-0.05, 0) is 65.5 Å². The van der Waals surface area contributed by atoms with Crippen LogP contribution in [-0.2, 0) is 25.5 Å². The molecule has 240 valence electrons. The van der Waals surface area contributed by atoms with Crippen molar-refractivity contribution in [3.05, 3.63) is 53.7 Å². The molecule has 1 fully saturated rings. The van der Waals surface area contributed by atoms with Crippen LogP contribution in [0, 0.1) is 0 Å². The number of carbonyl (C=O) groups excluding carboxylic acids is 4. The molecule has 2 heterocycles. The summed E-state index contributed by atoms with van der Waals surface area (Å²) in [4.78, 5) is 60.0. The first kappa shape index (κ1) is 34.5. The minimum Gasteiger partial charge on any atom is -0.460 e. The number of hydrogen-bond donors (Lipinski definition) is 2. The number of aryl methyl sites for hydroxylation is 1. The second-order valence-corrected chi connectivity index (χ2v) is 11.9. The van der Waals surface area contributed by atoms with Crippen molar-refractivity contribution in [1.82, 2.24) is 20.1 Å². The van der Waals surface area contributed by atoms with E-state index in [1.165, 1.54) is 0 Å². The number of esters is 1. The molecule has 0 bridgehead atoms. The molecular formula is C33H46N4O7. The molecule has 2 N–H and O–H groups in total. The SMILES string of the molecule is CCOC(=O)N1CCN(C(=O)[C@H](CCC(=O)OC(C)(C)C)NC(=O)c2cc(CCC(O)CC)nc(-c3ccccc3)c2)CC1. The topological polar surface area (TPSA) is 138 Å². The smallest absolute Gasteiger partial charge is 0.409 e. The minimum atomic E-state index is -0.997. The number of pyridine rings is 1. The molecule has 2 atom stereocenters. The molecular weight excluding hydrogens is 564 g/mol. The third kappa shape index (κ3) is 10.6. The maximum absolute atomic E-state index is 13.7. The van der Waals surface area contributed by atoms with E-state index in [9.17, 15) is 24.3 Å². The Morgan fingerprint density at radius 1 is 0.977 bits per heavy atom. The molecule has 11 nitrogen and oxygen atoms in total. The van der Waals surface area contributed by atoms with E-state index >= 15 is 0 Å². The second-order valence-electron chi connectivity index (χ2n) is 11.9. The van der Waals surface area contributed by atoms with Gasteiger partial charge in [0.25, 0.3) is 5.91 Å². The van der Waals surface area contributed by atoms with Crippen molar-refractivity contribution in [1.29, 1.82) is 0 Å². The van der Waals surface area contributed by atoms with Gasteiger partial charge in [0, 0.05) is 49.4 Å². The van der Waals surface area contributed by atoms with E-state index < -0.39 is 35.7 Å². The van der Waals surface area contributed by atoms with Crippen molar-refractivity contribution in [3.8, 4) is 11.3 Å². The zero-order valence-corrected chi connectivity index (χ0v) is 26.5. The molecule has 11 heteroatoms. The van der Waals surface area contributed by atoms with Gasteiger partial charge in [0.1, 0.15) is 11.6 Å². The van der Waals surface area contributed by atoms with Gasteiger partial charge in [-0.25, -0.2) is 4.79 Å². The number of nitrogens with one attached hydrogen (secondary N) is 1. The molecule has 1 aromatic carbocycles. The fourth-order valence-corrected chi connectivity index (χ4v) is 4.82. The summed E-state index contributed by atoms with van der Waals surface area (Å²) in [5, 5.41) is 13.0. The number of amides is 3. The lowest BCUT2D eigenvalue weighted by molar-refractivity contribution is -0.155.